The molecule has 48 heavy (non-hydrogen) atoms. The van der Waals surface area contributed by atoms with Gasteiger partial charge < -0.3 is 24.5 Å². The third kappa shape index (κ3) is 7.28. The summed E-state index contributed by atoms with van der Waals surface area (Å²) in [6.45, 7) is 5.85. The number of carbonyl (C=O) groups is 3. The maximum Gasteiger partial charge on any atom is 0.373 e. The number of benzene rings is 4. The molecule has 0 radical (unpaired) electrons. The molecule has 2 fully saturated rings. The molecule has 0 aliphatic carbocycles. The second-order valence-electron chi connectivity index (χ2n) is 12.0. The molecule has 248 valence electrons. The summed E-state index contributed by atoms with van der Waals surface area (Å²) in [7, 11) is -3.75. The molecule has 0 saturated carbocycles. The van der Waals surface area contributed by atoms with Crippen molar-refractivity contribution in [1.29, 1.82) is 0 Å². The Balaban J connectivity index is 1.31. The van der Waals surface area contributed by atoms with E-state index >= 15 is 0 Å². The first-order chi connectivity index (χ1) is 23.1. The quantitative estimate of drug-likeness (QED) is 0.175. The van der Waals surface area contributed by atoms with Crippen molar-refractivity contribution in [2.75, 3.05) is 26.3 Å². The second kappa shape index (κ2) is 14.0. The van der Waals surface area contributed by atoms with Gasteiger partial charge in [0.05, 0.1) is 19.6 Å². The minimum absolute atomic E-state index is 0.0851. The van der Waals surface area contributed by atoms with Gasteiger partial charge in [-0.2, -0.15) is 5.01 Å². The number of hydrogen-bond donors (Lipinski definition) is 2. The third-order valence-corrected chi connectivity index (χ3v) is 9.12. The number of carbonyl (C=O) groups excluding carboxylic acids is 3. The number of urea groups is 1. The van der Waals surface area contributed by atoms with E-state index in [4.69, 9.17) is 4.52 Å². The van der Waals surface area contributed by atoms with Crippen molar-refractivity contribution in [3.63, 3.8) is 0 Å². The van der Waals surface area contributed by atoms with Crippen LogP contribution >= 0.6 is 7.60 Å². The largest absolute Gasteiger partial charge is 0.425 e. The van der Waals surface area contributed by atoms with E-state index in [0.29, 0.717) is 13.1 Å². The van der Waals surface area contributed by atoms with E-state index in [9.17, 15) is 23.8 Å². The lowest BCUT2D eigenvalue weighted by Crippen LogP contribution is -2.66. The molecule has 0 aromatic heterocycles. The SMILES string of the molecule is C=CCN(C(=O)NCc1ccccc1)N1CC(=O)N2[C@@H](Cc3ccc(OP(C)(=O)O)cc3)C(=O)N(Cc3cccc4ccccc34)C[C@@H]21. The molecule has 2 N–H and O–H groups in total. The van der Waals surface area contributed by atoms with Gasteiger partial charge in [-0.05, 0) is 39.6 Å². The Morgan fingerprint density at radius 3 is 2.44 bits per heavy atom. The van der Waals surface area contributed by atoms with Gasteiger partial charge in [-0.15, -0.1) is 6.58 Å². The molecule has 2 saturated heterocycles. The fourth-order valence-electron chi connectivity index (χ4n) is 6.42. The van der Waals surface area contributed by atoms with Crippen LogP contribution in [0.2, 0.25) is 0 Å². The molecule has 2 heterocycles. The van der Waals surface area contributed by atoms with E-state index in [1.807, 2.05) is 72.8 Å². The zero-order valence-electron chi connectivity index (χ0n) is 26.6. The Hall–Kier alpha value is -4.96. The lowest BCUT2D eigenvalue weighted by Gasteiger charge is -2.46. The maximum atomic E-state index is 14.3. The van der Waals surface area contributed by atoms with Crippen molar-refractivity contribution >= 4 is 36.2 Å². The average molecular weight is 668 g/mol. The summed E-state index contributed by atoms with van der Waals surface area (Å²) in [5.74, 6) is -0.241. The van der Waals surface area contributed by atoms with E-state index < -0.39 is 19.8 Å². The van der Waals surface area contributed by atoms with Gasteiger partial charge in [-0.1, -0.05) is 91.0 Å². The topological polar surface area (TPSA) is 123 Å². The summed E-state index contributed by atoms with van der Waals surface area (Å²) >= 11 is 0. The fraction of sp³-hybridized carbons (Fsp3) is 0.250. The molecule has 12 heteroatoms. The van der Waals surface area contributed by atoms with Crippen LogP contribution in [0.5, 0.6) is 5.75 Å². The zero-order valence-corrected chi connectivity index (χ0v) is 27.5. The number of fused-ring (bicyclic) bond motifs is 2. The van der Waals surface area contributed by atoms with Gasteiger partial charge in [-0.3, -0.25) is 14.6 Å². The molecule has 4 aromatic rings. The summed E-state index contributed by atoms with van der Waals surface area (Å²) in [6, 6.07) is 28.9. The molecule has 0 spiro atoms. The lowest BCUT2D eigenvalue weighted by atomic mass is 9.99. The summed E-state index contributed by atoms with van der Waals surface area (Å²) in [4.78, 5) is 54.7. The van der Waals surface area contributed by atoms with Crippen molar-refractivity contribution in [2.24, 2.45) is 0 Å². The Kier molecular flexibility index (Phi) is 9.63. The van der Waals surface area contributed by atoms with E-state index in [-0.39, 0.29) is 49.7 Å². The molecule has 4 amide bonds. The Morgan fingerprint density at radius 1 is 1.00 bits per heavy atom. The first kappa shape index (κ1) is 33.0. The van der Waals surface area contributed by atoms with Crippen molar-refractivity contribution in [2.45, 2.75) is 31.7 Å². The third-order valence-electron chi connectivity index (χ3n) is 8.57. The molecule has 11 nitrogen and oxygen atoms in total. The van der Waals surface area contributed by atoms with Gasteiger partial charge in [0.25, 0.3) is 0 Å². The smallest absolute Gasteiger partial charge is 0.373 e. The number of rotatable bonds is 11. The average Bonchev–Trinajstić information content (AvgIpc) is 3.40. The van der Waals surface area contributed by atoms with Gasteiger partial charge >= 0.3 is 13.6 Å². The first-order valence-corrected chi connectivity index (χ1v) is 17.8. The molecule has 0 bridgehead atoms. The van der Waals surface area contributed by atoms with E-state index in [2.05, 4.69) is 11.9 Å². The fourth-order valence-corrected chi connectivity index (χ4v) is 6.94. The minimum atomic E-state index is -3.75. The number of nitrogens with zero attached hydrogens (tertiary/aromatic N) is 4. The van der Waals surface area contributed by atoms with Gasteiger partial charge in [0.15, 0.2) is 0 Å². The summed E-state index contributed by atoms with van der Waals surface area (Å²) in [6.07, 6.45) is 1.20. The highest BCUT2D eigenvalue weighted by molar-refractivity contribution is 7.52. The number of nitrogens with one attached hydrogen (secondary N) is 1. The van der Waals surface area contributed by atoms with Crippen LogP contribution in [0.4, 0.5) is 4.79 Å². The number of hydrogen-bond acceptors (Lipinski definition) is 6. The molecule has 1 unspecified atom stereocenters. The number of hydrazine groups is 1. The van der Waals surface area contributed by atoms with Crippen LogP contribution in [-0.2, 0) is 33.7 Å². The molecule has 2 aliphatic rings. The van der Waals surface area contributed by atoms with Crippen LogP contribution in [0, 0.1) is 0 Å². The van der Waals surface area contributed by atoms with Gasteiger partial charge in [0.2, 0.25) is 11.8 Å². The zero-order chi connectivity index (χ0) is 33.8. The highest BCUT2D eigenvalue weighted by atomic mass is 31.2. The van der Waals surface area contributed by atoms with Gasteiger partial charge in [0.1, 0.15) is 18.0 Å². The van der Waals surface area contributed by atoms with Crippen molar-refractivity contribution in [3.05, 3.63) is 126 Å². The second-order valence-corrected chi connectivity index (χ2v) is 13.8. The normalized spacial score (nSPS) is 19.1. The molecular weight excluding hydrogens is 629 g/mol. The summed E-state index contributed by atoms with van der Waals surface area (Å²) in [5, 5.41) is 8.28. The summed E-state index contributed by atoms with van der Waals surface area (Å²) < 4.78 is 16.9. The standard InChI is InChI=1S/C36H38N5O6P/c1-3-20-39(36(44)37-22-27-10-5-4-6-11-27)40-25-34(42)41-32(21-26-16-18-30(19-17-26)47-48(2,45)46)35(43)38(24-33(40)41)23-29-14-9-13-28-12-7-8-15-31(28)29/h3-19,32-33H,1,20-25H2,2H3,(H,37,44)(H,45,46)/t32-,33+/m0/s1. The van der Waals surface area contributed by atoms with E-state index in [1.54, 1.807) is 45.2 Å². The van der Waals surface area contributed by atoms with Crippen LogP contribution in [0.25, 0.3) is 10.8 Å². The lowest BCUT2D eigenvalue weighted by molar-refractivity contribution is -0.157. The highest BCUT2D eigenvalue weighted by Gasteiger charge is 2.52. The van der Waals surface area contributed by atoms with Crippen LogP contribution in [0.1, 0.15) is 16.7 Å². The van der Waals surface area contributed by atoms with Gasteiger partial charge in [-0.25, -0.2) is 9.36 Å². The highest BCUT2D eigenvalue weighted by Crippen LogP contribution is 2.38. The molecular formula is C36H38N5O6P. The van der Waals surface area contributed by atoms with Crippen molar-refractivity contribution in [1.82, 2.24) is 25.1 Å². The molecule has 6 rings (SSSR count). The van der Waals surface area contributed by atoms with Crippen LogP contribution in [-0.4, -0.2) is 81.1 Å². The Labute approximate surface area is 279 Å². The monoisotopic (exact) mass is 667 g/mol. The van der Waals surface area contributed by atoms with Crippen molar-refractivity contribution < 1.29 is 28.4 Å². The minimum Gasteiger partial charge on any atom is -0.425 e. The summed E-state index contributed by atoms with van der Waals surface area (Å²) in [5.41, 5.74) is 2.65. The first-order valence-electron chi connectivity index (χ1n) is 15.7. The molecule has 3 atom stereocenters. The predicted molar refractivity (Wildman–Crippen MR) is 183 cm³/mol. The predicted octanol–water partition coefficient (Wildman–Crippen LogP) is 4.77. The maximum absolute atomic E-state index is 14.3. The number of amides is 4. The Bertz CT molecular complexity index is 1860. The van der Waals surface area contributed by atoms with Crippen LogP contribution < -0.4 is 9.84 Å². The van der Waals surface area contributed by atoms with Crippen molar-refractivity contribution in [3.8, 4) is 5.75 Å². The van der Waals surface area contributed by atoms with E-state index in [1.165, 1.54) is 5.01 Å². The van der Waals surface area contributed by atoms with E-state index in [0.717, 1.165) is 34.1 Å². The Morgan fingerprint density at radius 2 is 1.71 bits per heavy atom. The molecule has 2 aliphatic heterocycles. The number of piperazine rings is 1. The van der Waals surface area contributed by atoms with Crippen LogP contribution in [0.3, 0.4) is 0 Å². The molecule has 4 aromatic carbocycles. The van der Waals surface area contributed by atoms with Gasteiger partial charge in [0, 0.05) is 26.2 Å². The van der Waals surface area contributed by atoms with Crippen LogP contribution in [0.15, 0.2) is 110 Å².